The van der Waals surface area contributed by atoms with Gasteiger partial charge < -0.3 is 4.98 Å². The summed E-state index contributed by atoms with van der Waals surface area (Å²) >= 11 is 3.38. The first-order chi connectivity index (χ1) is 9.84. The van der Waals surface area contributed by atoms with Crippen molar-refractivity contribution in [3.8, 4) is 11.4 Å². The van der Waals surface area contributed by atoms with E-state index in [4.69, 9.17) is 0 Å². The van der Waals surface area contributed by atoms with Crippen LogP contribution in [0.2, 0.25) is 0 Å². The summed E-state index contributed by atoms with van der Waals surface area (Å²) in [6.45, 7) is 1.93. The van der Waals surface area contributed by atoms with Crippen molar-refractivity contribution in [3.63, 3.8) is 0 Å². The Bertz CT molecular complexity index is 821. The summed E-state index contributed by atoms with van der Waals surface area (Å²) in [7, 11) is 0. The number of benzene rings is 2. The van der Waals surface area contributed by atoms with Crippen molar-refractivity contribution in [2.75, 3.05) is 0 Å². The molecule has 108 valence electrons. The Morgan fingerprint density at radius 1 is 1.10 bits per heavy atom. The van der Waals surface area contributed by atoms with Gasteiger partial charge in [0.25, 0.3) is 0 Å². The quantitative estimate of drug-likeness (QED) is 0.629. The van der Waals surface area contributed by atoms with Gasteiger partial charge in [0.1, 0.15) is 5.82 Å². The highest BCUT2D eigenvalue weighted by Crippen LogP contribution is 2.32. The van der Waals surface area contributed by atoms with Gasteiger partial charge in [-0.05, 0) is 48.9 Å². The van der Waals surface area contributed by atoms with Crippen molar-refractivity contribution in [1.29, 1.82) is 0 Å². The zero-order chi connectivity index (χ0) is 15.2. The molecule has 2 nitrogen and oxygen atoms in total. The molecule has 1 heterocycles. The van der Waals surface area contributed by atoms with Crippen LogP contribution >= 0.6 is 15.9 Å². The fourth-order valence-corrected chi connectivity index (χ4v) is 2.68. The molecule has 3 aromatic rings. The van der Waals surface area contributed by atoms with E-state index in [0.29, 0.717) is 16.9 Å². The Balaban J connectivity index is 2.13. The second kappa shape index (κ2) is 4.87. The average Bonchev–Trinajstić information content (AvgIpc) is 2.79. The van der Waals surface area contributed by atoms with Crippen LogP contribution in [-0.4, -0.2) is 9.97 Å². The lowest BCUT2D eigenvalue weighted by Gasteiger charge is -2.05. The Kier molecular flexibility index (Phi) is 3.28. The number of halogens is 4. The maximum atomic E-state index is 12.7. The zero-order valence-electron chi connectivity index (χ0n) is 10.9. The van der Waals surface area contributed by atoms with Gasteiger partial charge >= 0.3 is 6.18 Å². The van der Waals surface area contributed by atoms with Crippen LogP contribution in [0.3, 0.4) is 0 Å². The van der Waals surface area contributed by atoms with E-state index >= 15 is 0 Å². The van der Waals surface area contributed by atoms with E-state index in [1.54, 1.807) is 0 Å². The highest BCUT2D eigenvalue weighted by Gasteiger charge is 2.30. The zero-order valence-corrected chi connectivity index (χ0v) is 12.5. The van der Waals surface area contributed by atoms with Gasteiger partial charge in [0.05, 0.1) is 16.6 Å². The van der Waals surface area contributed by atoms with Crippen LogP contribution in [0, 0.1) is 6.92 Å². The minimum atomic E-state index is -4.35. The molecule has 0 amide bonds. The summed E-state index contributed by atoms with van der Waals surface area (Å²) in [5, 5.41) is 0. The lowest BCUT2D eigenvalue weighted by molar-refractivity contribution is -0.137. The molecule has 0 radical (unpaired) electrons. The van der Waals surface area contributed by atoms with Crippen LogP contribution < -0.4 is 0 Å². The molecule has 0 spiro atoms. The van der Waals surface area contributed by atoms with Crippen LogP contribution in [0.4, 0.5) is 13.2 Å². The Morgan fingerprint density at radius 2 is 1.86 bits per heavy atom. The summed E-state index contributed by atoms with van der Waals surface area (Å²) in [4.78, 5) is 7.32. The Morgan fingerprint density at radius 3 is 2.52 bits per heavy atom. The van der Waals surface area contributed by atoms with E-state index in [1.165, 1.54) is 6.07 Å². The first-order valence-electron chi connectivity index (χ1n) is 6.18. The van der Waals surface area contributed by atoms with Gasteiger partial charge in [-0.3, -0.25) is 0 Å². The van der Waals surface area contributed by atoms with Gasteiger partial charge in [0.2, 0.25) is 0 Å². The maximum absolute atomic E-state index is 12.7. The average molecular weight is 355 g/mol. The molecule has 0 unspecified atom stereocenters. The van der Waals surface area contributed by atoms with Gasteiger partial charge in [0.15, 0.2) is 0 Å². The first kappa shape index (κ1) is 14.1. The predicted molar refractivity (Wildman–Crippen MR) is 79.0 cm³/mol. The number of rotatable bonds is 1. The largest absolute Gasteiger partial charge is 0.416 e. The minimum Gasteiger partial charge on any atom is -0.338 e. The van der Waals surface area contributed by atoms with Gasteiger partial charge in [-0.15, -0.1) is 0 Å². The second-order valence-corrected chi connectivity index (χ2v) is 5.69. The molecule has 0 atom stereocenters. The molecule has 3 rings (SSSR count). The van der Waals surface area contributed by atoms with E-state index in [0.717, 1.165) is 27.7 Å². The monoisotopic (exact) mass is 354 g/mol. The number of hydrogen-bond donors (Lipinski definition) is 1. The summed E-state index contributed by atoms with van der Waals surface area (Å²) in [6, 6.07) is 9.19. The number of nitrogens with one attached hydrogen (secondary N) is 1. The number of aromatic nitrogens is 2. The van der Waals surface area contributed by atoms with Gasteiger partial charge in [-0.2, -0.15) is 13.2 Å². The number of alkyl halides is 3. The van der Waals surface area contributed by atoms with Crippen LogP contribution in [-0.2, 0) is 6.18 Å². The van der Waals surface area contributed by atoms with E-state index in [-0.39, 0.29) is 0 Å². The highest BCUT2D eigenvalue weighted by molar-refractivity contribution is 9.10. The van der Waals surface area contributed by atoms with E-state index in [1.807, 2.05) is 25.1 Å². The number of aryl methyl sites for hydroxylation is 1. The van der Waals surface area contributed by atoms with E-state index in [2.05, 4.69) is 25.9 Å². The first-order valence-corrected chi connectivity index (χ1v) is 6.97. The molecule has 6 heteroatoms. The van der Waals surface area contributed by atoms with Gasteiger partial charge in [0, 0.05) is 10.0 Å². The van der Waals surface area contributed by atoms with Crippen molar-refractivity contribution in [2.24, 2.45) is 0 Å². The molecule has 2 aromatic carbocycles. The van der Waals surface area contributed by atoms with Crippen molar-refractivity contribution in [1.82, 2.24) is 9.97 Å². The highest BCUT2D eigenvalue weighted by atomic mass is 79.9. The molecule has 0 aliphatic rings. The van der Waals surface area contributed by atoms with Crippen molar-refractivity contribution in [2.45, 2.75) is 13.1 Å². The summed E-state index contributed by atoms with van der Waals surface area (Å²) in [6.07, 6.45) is -4.35. The molecule has 1 aromatic heterocycles. The summed E-state index contributed by atoms with van der Waals surface area (Å²) in [5.74, 6) is 0.564. The topological polar surface area (TPSA) is 28.7 Å². The summed E-state index contributed by atoms with van der Waals surface area (Å²) in [5.41, 5.74) is 2.06. The standard InChI is InChI=1S/C15H10BrF3N2/c1-8-6-10(16)3-4-11(8)14-20-12-5-2-9(15(17,18)19)7-13(12)21-14/h2-7H,1H3,(H,20,21). The number of aromatic amines is 1. The molecule has 0 aliphatic carbocycles. The molecule has 0 aliphatic heterocycles. The predicted octanol–water partition coefficient (Wildman–Crippen LogP) is 5.32. The lowest BCUT2D eigenvalue weighted by Crippen LogP contribution is -2.04. The van der Waals surface area contributed by atoms with Crippen LogP contribution in [0.5, 0.6) is 0 Å². The Labute approximate surface area is 127 Å². The maximum Gasteiger partial charge on any atom is 0.416 e. The van der Waals surface area contributed by atoms with Crippen molar-refractivity contribution in [3.05, 3.63) is 52.0 Å². The van der Waals surface area contributed by atoms with E-state index < -0.39 is 11.7 Å². The fourth-order valence-electron chi connectivity index (χ4n) is 2.21. The van der Waals surface area contributed by atoms with Crippen LogP contribution in [0.1, 0.15) is 11.1 Å². The third-order valence-electron chi connectivity index (χ3n) is 3.25. The number of fused-ring (bicyclic) bond motifs is 1. The molecular formula is C15H10BrF3N2. The number of hydrogen-bond acceptors (Lipinski definition) is 1. The molecule has 0 fully saturated rings. The smallest absolute Gasteiger partial charge is 0.338 e. The number of imidazole rings is 1. The number of nitrogens with zero attached hydrogens (tertiary/aromatic N) is 1. The molecule has 0 bridgehead atoms. The normalized spacial score (nSPS) is 12.0. The fraction of sp³-hybridized carbons (Fsp3) is 0.133. The molecule has 1 N–H and O–H groups in total. The van der Waals surface area contributed by atoms with Gasteiger partial charge in [-0.1, -0.05) is 15.9 Å². The molecule has 0 saturated heterocycles. The van der Waals surface area contributed by atoms with Crippen molar-refractivity contribution < 1.29 is 13.2 Å². The number of H-pyrrole nitrogens is 1. The molecular weight excluding hydrogens is 345 g/mol. The summed E-state index contributed by atoms with van der Waals surface area (Å²) < 4.78 is 39.1. The Hall–Kier alpha value is -1.82. The van der Waals surface area contributed by atoms with E-state index in [9.17, 15) is 13.2 Å². The molecule has 21 heavy (non-hydrogen) atoms. The molecule has 0 saturated carbocycles. The minimum absolute atomic E-state index is 0.377. The third kappa shape index (κ3) is 2.68. The third-order valence-corrected chi connectivity index (χ3v) is 3.75. The second-order valence-electron chi connectivity index (χ2n) is 4.77. The van der Waals surface area contributed by atoms with Crippen LogP contribution in [0.25, 0.3) is 22.4 Å². The SMILES string of the molecule is Cc1cc(Br)ccc1-c1nc2ccc(C(F)(F)F)cc2[nH]1. The van der Waals surface area contributed by atoms with Gasteiger partial charge in [-0.25, -0.2) is 4.98 Å². The lowest BCUT2D eigenvalue weighted by atomic mass is 10.1. The van der Waals surface area contributed by atoms with Crippen molar-refractivity contribution >= 4 is 27.0 Å². The van der Waals surface area contributed by atoms with Crippen LogP contribution in [0.15, 0.2) is 40.9 Å².